The highest BCUT2D eigenvalue weighted by Crippen LogP contribution is 2.42. The molecule has 0 aliphatic heterocycles. The summed E-state index contributed by atoms with van der Waals surface area (Å²) >= 11 is 0. The van der Waals surface area contributed by atoms with Gasteiger partial charge in [-0.1, -0.05) is 6.07 Å². The second-order valence-electron chi connectivity index (χ2n) is 11.4. The molecule has 1 aliphatic rings. The van der Waals surface area contributed by atoms with E-state index in [2.05, 4.69) is 15.4 Å². The Balaban J connectivity index is 1.52. The van der Waals surface area contributed by atoms with Crippen LogP contribution in [0.1, 0.15) is 57.1 Å². The quantitative estimate of drug-likeness (QED) is 0.176. The van der Waals surface area contributed by atoms with E-state index < -0.39 is 38.1 Å². The molecule has 14 heteroatoms. The number of sulfonamides is 1. The smallest absolute Gasteiger partial charge is 0.265 e. The number of rotatable bonds is 11. The van der Waals surface area contributed by atoms with E-state index in [9.17, 15) is 12.8 Å². The van der Waals surface area contributed by atoms with Gasteiger partial charge in [-0.2, -0.15) is 5.10 Å². The SMILES string of the molecule is COCCN[C@H]1CC[C@H](c2cnc(N)c3c(-c4cc(F)c(NS(=O)(=O)c5cccc(OC)c5F)cc4F)nn(C(C)C)c32)CC1. The van der Waals surface area contributed by atoms with Gasteiger partial charge in [-0.05, 0) is 69.2 Å². The van der Waals surface area contributed by atoms with E-state index in [0.29, 0.717) is 29.6 Å². The van der Waals surface area contributed by atoms with Gasteiger partial charge >= 0.3 is 0 Å². The van der Waals surface area contributed by atoms with Crippen molar-refractivity contribution < 1.29 is 31.1 Å². The van der Waals surface area contributed by atoms with Crippen LogP contribution in [0, 0.1) is 17.5 Å². The lowest BCUT2D eigenvalue weighted by molar-refractivity contribution is 0.191. The van der Waals surface area contributed by atoms with Crippen molar-refractivity contribution in [2.45, 2.75) is 62.4 Å². The maximum Gasteiger partial charge on any atom is 0.265 e. The van der Waals surface area contributed by atoms with Crippen LogP contribution in [0.2, 0.25) is 0 Å². The Morgan fingerprint density at radius 2 is 1.82 bits per heavy atom. The molecule has 10 nitrogen and oxygen atoms in total. The lowest BCUT2D eigenvalue weighted by atomic mass is 9.81. The normalized spacial score (nSPS) is 17.2. The predicted molar refractivity (Wildman–Crippen MR) is 166 cm³/mol. The van der Waals surface area contributed by atoms with Gasteiger partial charge in [-0.25, -0.2) is 26.6 Å². The zero-order valence-electron chi connectivity index (χ0n) is 25.5. The van der Waals surface area contributed by atoms with Crippen molar-refractivity contribution in [2.75, 3.05) is 37.8 Å². The van der Waals surface area contributed by atoms with Crippen molar-refractivity contribution in [2.24, 2.45) is 0 Å². The summed E-state index contributed by atoms with van der Waals surface area (Å²) in [5.41, 5.74) is 7.18. The third-order valence-electron chi connectivity index (χ3n) is 8.17. The number of aromatic nitrogens is 3. The predicted octanol–water partition coefficient (Wildman–Crippen LogP) is 5.75. The van der Waals surface area contributed by atoms with E-state index in [4.69, 9.17) is 15.2 Å². The average molecular weight is 647 g/mol. The van der Waals surface area contributed by atoms with Gasteiger partial charge in [0, 0.05) is 43.6 Å². The number of halogens is 3. The molecule has 45 heavy (non-hydrogen) atoms. The first-order valence-corrected chi connectivity index (χ1v) is 16.2. The molecule has 0 spiro atoms. The van der Waals surface area contributed by atoms with Crippen LogP contribution in [0.4, 0.5) is 24.7 Å². The van der Waals surface area contributed by atoms with Gasteiger partial charge in [-0.15, -0.1) is 0 Å². The van der Waals surface area contributed by atoms with Gasteiger partial charge in [0.15, 0.2) is 11.6 Å². The highest BCUT2D eigenvalue weighted by Gasteiger charge is 2.30. The summed E-state index contributed by atoms with van der Waals surface area (Å²) in [6.07, 6.45) is 5.46. The second-order valence-corrected chi connectivity index (χ2v) is 13.0. The fourth-order valence-corrected chi connectivity index (χ4v) is 7.07. The van der Waals surface area contributed by atoms with E-state index in [0.717, 1.165) is 49.9 Å². The van der Waals surface area contributed by atoms with Crippen molar-refractivity contribution >= 4 is 32.4 Å². The Morgan fingerprint density at radius 1 is 1.09 bits per heavy atom. The lowest BCUT2D eigenvalue weighted by Gasteiger charge is -2.30. The first-order valence-electron chi connectivity index (χ1n) is 14.7. The largest absolute Gasteiger partial charge is 0.494 e. The number of nitrogen functional groups attached to an aromatic ring is 1. The molecule has 5 rings (SSSR count). The zero-order valence-corrected chi connectivity index (χ0v) is 26.3. The van der Waals surface area contributed by atoms with E-state index >= 15 is 8.78 Å². The molecule has 1 aliphatic carbocycles. The number of benzene rings is 2. The molecule has 1 fully saturated rings. The summed E-state index contributed by atoms with van der Waals surface area (Å²) in [5.74, 6) is -3.24. The number of hydrogen-bond donors (Lipinski definition) is 3. The monoisotopic (exact) mass is 646 g/mol. The van der Waals surface area contributed by atoms with Gasteiger partial charge in [-0.3, -0.25) is 9.40 Å². The molecule has 4 aromatic rings. The Bertz CT molecular complexity index is 1810. The highest BCUT2D eigenvalue weighted by atomic mass is 32.2. The molecule has 0 amide bonds. The van der Waals surface area contributed by atoms with Crippen LogP contribution in [0.5, 0.6) is 5.75 Å². The molecule has 2 aromatic carbocycles. The molecular weight excluding hydrogens is 609 g/mol. The first-order chi connectivity index (χ1) is 21.5. The Labute approximate surface area is 260 Å². The molecule has 0 saturated heterocycles. The molecule has 4 N–H and O–H groups in total. The summed E-state index contributed by atoms with van der Waals surface area (Å²) in [7, 11) is -1.79. The second kappa shape index (κ2) is 13.2. The summed E-state index contributed by atoms with van der Waals surface area (Å²) in [5, 5.41) is 8.60. The molecule has 0 unspecified atom stereocenters. The van der Waals surface area contributed by atoms with Crippen LogP contribution >= 0.6 is 0 Å². The number of nitrogens with one attached hydrogen (secondary N) is 2. The van der Waals surface area contributed by atoms with Crippen LogP contribution in [0.25, 0.3) is 22.2 Å². The number of nitrogens with two attached hydrogens (primary N) is 1. The first kappa shape index (κ1) is 32.5. The Kier molecular flexibility index (Phi) is 9.56. The Morgan fingerprint density at radius 3 is 2.49 bits per heavy atom. The minimum atomic E-state index is -4.64. The third kappa shape index (κ3) is 6.44. The maximum absolute atomic E-state index is 15.8. The highest BCUT2D eigenvalue weighted by molar-refractivity contribution is 7.92. The van der Waals surface area contributed by atoms with Gasteiger partial charge < -0.3 is 20.5 Å². The van der Waals surface area contributed by atoms with Gasteiger partial charge in [0.1, 0.15) is 28.0 Å². The number of nitrogens with zero attached hydrogens (tertiary/aromatic N) is 3. The molecule has 1 saturated carbocycles. The topological polar surface area (TPSA) is 133 Å². The van der Waals surface area contributed by atoms with E-state index in [1.54, 1.807) is 18.0 Å². The van der Waals surface area contributed by atoms with Gasteiger partial charge in [0.05, 0.1) is 30.3 Å². The van der Waals surface area contributed by atoms with Crippen LogP contribution < -0.4 is 20.5 Å². The number of pyridine rings is 1. The van der Waals surface area contributed by atoms with Crippen LogP contribution in [-0.2, 0) is 14.8 Å². The minimum absolute atomic E-state index is 0.0881. The van der Waals surface area contributed by atoms with Crippen molar-refractivity contribution in [1.29, 1.82) is 0 Å². The van der Waals surface area contributed by atoms with Gasteiger partial charge in [0.25, 0.3) is 10.0 Å². The summed E-state index contributed by atoms with van der Waals surface area (Å²) in [6.45, 7) is 5.28. The van der Waals surface area contributed by atoms with E-state index in [1.807, 2.05) is 18.6 Å². The van der Waals surface area contributed by atoms with E-state index in [1.165, 1.54) is 19.2 Å². The average Bonchev–Trinajstić information content (AvgIpc) is 3.41. The standard InChI is InChI=1S/C31H37F3N6O4S/c1-17(2)40-30-21(18-8-10-19(11-9-18)36-12-13-43-3)16-37-31(35)27(30)29(38-40)20-14-23(33)24(15-22(20)32)39-45(41,42)26-7-5-6-25(44-4)28(26)34/h5-7,14-19,36,39H,8-13H2,1-4H3,(H2,35,37)/t18-,19-. The third-order valence-corrected chi connectivity index (χ3v) is 9.55. The molecule has 2 aromatic heterocycles. The molecule has 2 heterocycles. The van der Waals surface area contributed by atoms with Crippen LogP contribution in [-0.4, -0.2) is 56.6 Å². The fraction of sp³-hybridized carbons (Fsp3) is 0.419. The fourth-order valence-electron chi connectivity index (χ4n) is 5.92. The van der Waals surface area contributed by atoms with Crippen molar-refractivity contribution in [3.05, 3.63) is 59.5 Å². The van der Waals surface area contributed by atoms with Crippen molar-refractivity contribution in [1.82, 2.24) is 20.1 Å². The van der Waals surface area contributed by atoms with Crippen molar-refractivity contribution in [3.8, 4) is 17.0 Å². The molecular formula is C31H37F3N6O4S. The molecule has 0 radical (unpaired) electrons. The summed E-state index contributed by atoms with van der Waals surface area (Å²) in [6, 6.07) is 5.29. The van der Waals surface area contributed by atoms with Crippen molar-refractivity contribution in [3.63, 3.8) is 0 Å². The van der Waals surface area contributed by atoms with Crippen LogP contribution in [0.15, 0.2) is 41.4 Å². The summed E-state index contributed by atoms with van der Waals surface area (Å²) in [4.78, 5) is 3.65. The van der Waals surface area contributed by atoms with Crippen LogP contribution in [0.3, 0.4) is 0 Å². The number of anilines is 2. The minimum Gasteiger partial charge on any atom is -0.494 e. The van der Waals surface area contributed by atoms with E-state index in [-0.39, 0.29) is 34.8 Å². The molecule has 242 valence electrons. The number of hydrogen-bond acceptors (Lipinski definition) is 8. The molecule has 0 bridgehead atoms. The number of methoxy groups -OCH3 is 2. The zero-order chi connectivity index (χ0) is 32.5. The Hall–Kier alpha value is -3.88. The number of ether oxygens (including phenoxy) is 2. The summed E-state index contributed by atoms with van der Waals surface area (Å²) < 4.78 is 85.5. The maximum atomic E-state index is 15.8. The lowest BCUT2D eigenvalue weighted by Crippen LogP contribution is -2.34. The molecule has 0 atom stereocenters. The van der Waals surface area contributed by atoms with Gasteiger partial charge in [0.2, 0.25) is 0 Å². The number of fused-ring (bicyclic) bond motifs is 1.